The van der Waals surface area contributed by atoms with Gasteiger partial charge in [0.25, 0.3) is 17.7 Å². The molecule has 0 aliphatic carbocycles. The average Bonchev–Trinajstić information content (AvgIpc) is 3.34. The molecule has 1 aromatic heterocycles. The maximum atomic E-state index is 12.8. The summed E-state index contributed by atoms with van der Waals surface area (Å²) in [7, 11) is 0. The van der Waals surface area contributed by atoms with E-state index < -0.39 is 5.91 Å². The maximum absolute atomic E-state index is 12.8. The Balaban J connectivity index is 1.30. The maximum Gasteiger partial charge on any atom is 0.265 e. The summed E-state index contributed by atoms with van der Waals surface area (Å²) in [5.41, 5.74) is 7.44. The lowest BCUT2D eigenvalue weighted by atomic mass is 10.1. The third-order valence-electron chi connectivity index (χ3n) is 5.40. The van der Waals surface area contributed by atoms with Crippen molar-refractivity contribution in [1.29, 1.82) is 0 Å². The number of aromatic nitrogens is 1. The Morgan fingerprint density at radius 1 is 0.844 bits per heavy atom. The van der Waals surface area contributed by atoms with E-state index in [9.17, 15) is 14.4 Å². The van der Waals surface area contributed by atoms with E-state index in [-0.39, 0.29) is 17.5 Å². The monoisotopic (exact) mass is 432 g/mol. The molecule has 164 valence electrons. The summed E-state index contributed by atoms with van der Waals surface area (Å²) in [6.45, 7) is 2.17. The van der Waals surface area contributed by atoms with Crippen LogP contribution in [0.2, 0.25) is 0 Å². The van der Waals surface area contributed by atoms with Gasteiger partial charge in [-0.2, -0.15) is 0 Å². The summed E-state index contributed by atoms with van der Waals surface area (Å²) in [5, 5.41) is 0. The third kappa shape index (κ3) is 4.80. The van der Waals surface area contributed by atoms with Crippen LogP contribution in [-0.2, 0) is 6.61 Å². The van der Waals surface area contributed by atoms with Gasteiger partial charge in [-0.3, -0.25) is 14.4 Å². The fourth-order valence-electron chi connectivity index (χ4n) is 3.57. The fraction of sp³-hybridized carbons (Fsp3) is 0.208. The molecule has 1 fully saturated rings. The number of hydrogen-bond donors (Lipinski definition) is 2. The predicted molar refractivity (Wildman–Crippen MR) is 118 cm³/mol. The first kappa shape index (κ1) is 21.2. The van der Waals surface area contributed by atoms with Crippen LogP contribution in [-0.4, -0.2) is 58.7 Å². The van der Waals surface area contributed by atoms with Crippen molar-refractivity contribution >= 4 is 17.7 Å². The van der Waals surface area contributed by atoms with E-state index in [0.717, 1.165) is 5.56 Å². The first-order valence-corrected chi connectivity index (χ1v) is 10.3. The van der Waals surface area contributed by atoms with Gasteiger partial charge in [0, 0.05) is 37.9 Å². The molecule has 8 nitrogen and oxygen atoms in total. The van der Waals surface area contributed by atoms with Gasteiger partial charge in [0.2, 0.25) is 0 Å². The quantitative estimate of drug-likeness (QED) is 0.623. The number of amides is 3. The van der Waals surface area contributed by atoms with Crippen molar-refractivity contribution in [2.24, 2.45) is 5.73 Å². The summed E-state index contributed by atoms with van der Waals surface area (Å²) in [5.74, 6) is -0.191. The second-order valence-corrected chi connectivity index (χ2v) is 7.55. The van der Waals surface area contributed by atoms with Crippen molar-refractivity contribution in [2.75, 3.05) is 26.2 Å². The van der Waals surface area contributed by atoms with Gasteiger partial charge in [-0.25, -0.2) is 0 Å². The number of hydrogen-bond acceptors (Lipinski definition) is 4. The molecule has 2 aromatic carbocycles. The molecule has 0 atom stereocenters. The average molecular weight is 432 g/mol. The summed E-state index contributed by atoms with van der Waals surface area (Å²) >= 11 is 0. The number of nitrogens with two attached hydrogens (primary N) is 1. The number of carbonyl (C=O) groups excluding carboxylic acids is 3. The van der Waals surface area contributed by atoms with Gasteiger partial charge in [-0.15, -0.1) is 0 Å². The van der Waals surface area contributed by atoms with Gasteiger partial charge in [-0.1, -0.05) is 30.3 Å². The van der Waals surface area contributed by atoms with E-state index in [0.29, 0.717) is 49.7 Å². The van der Waals surface area contributed by atoms with Crippen LogP contribution in [0.3, 0.4) is 0 Å². The second kappa shape index (κ2) is 9.38. The molecular formula is C24H24N4O4. The van der Waals surface area contributed by atoms with E-state index >= 15 is 0 Å². The van der Waals surface area contributed by atoms with Crippen LogP contribution < -0.4 is 10.5 Å². The van der Waals surface area contributed by atoms with E-state index in [1.165, 1.54) is 12.3 Å². The third-order valence-corrected chi connectivity index (χ3v) is 5.40. The zero-order chi connectivity index (χ0) is 22.5. The Morgan fingerprint density at radius 3 is 2.00 bits per heavy atom. The largest absolute Gasteiger partial charge is 0.489 e. The molecule has 3 amide bonds. The van der Waals surface area contributed by atoms with Crippen molar-refractivity contribution in [2.45, 2.75) is 6.61 Å². The van der Waals surface area contributed by atoms with Gasteiger partial charge in [-0.05, 0) is 35.9 Å². The van der Waals surface area contributed by atoms with E-state index in [1.54, 1.807) is 34.1 Å². The smallest absolute Gasteiger partial charge is 0.265 e. The lowest BCUT2D eigenvalue weighted by molar-refractivity contribution is 0.0535. The number of carbonyl (C=O) groups is 3. The minimum absolute atomic E-state index is 0.0793. The van der Waals surface area contributed by atoms with Crippen LogP contribution in [0.5, 0.6) is 5.75 Å². The number of nitrogens with one attached hydrogen (secondary N) is 1. The number of nitrogens with zero attached hydrogens (tertiary/aromatic N) is 2. The highest BCUT2D eigenvalue weighted by molar-refractivity contribution is 5.99. The van der Waals surface area contributed by atoms with Crippen LogP contribution in [0, 0.1) is 0 Å². The molecule has 1 saturated heterocycles. The topological polar surface area (TPSA) is 109 Å². The molecule has 4 rings (SSSR count). The first-order valence-electron chi connectivity index (χ1n) is 10.3. The minimum atomic E-state index is -0.615. The summed E-state index contributed by atoms with van der Waals surface area (Å²) < 4.78 is 5.77. The Bertz CT molecular complexity index is 1100. The lowest BCUT2D eigenvalue weighted by Crippen LogP contribution is -2.50. The molecule has 0 radical (unpaired) electrons. The molecule has 3 N–H and O–H groups in total. The Hall–Kier alpha value is -4.07. The van der Waals surface area contributed by atoms with E-state index in [2.05, 4.69) is 4.98 Å². The zero-order valence-corrected chi connectivity index (χ0v) is 17.5. The number of aromatic amines is 1. The highest BCUT2D eigenvalue weighted by atomic mass is 16.5. The molecule has 0 unspecified atom stereocenters. The number of benzene rings is 2. The molecule has 32 heavy (non-hydrogen) atoms. The van der Waals surface area contributed by atoms with E-state index in [1.807, 2.05) is 30.3 Å². The number of primary amides is 1. The molecule has 2 heterocycles. The Labute approximate surface area is 185 Å². The lowest BCUT2D eigenvalue weighted by Gasteiger charge is -2.34. The molecule has 8 heteroatoms. The van der Waals surface area contributed by atoms with Crippen LogP contribution >= 0.6 is 0 Å². The number of piperazine rings is 1. The normalized spacial score (nSPS) is 13.6. The summed E-state index contributed by atoms with van der Waals surface area (Å²) in [6, 6.07) is 18.4. The van der Waals surface area contributed by atoms with Gasteiger partial charge in [0.05, 0.1) is 5.56 Å². The van der Waals surface area contributed by atoms with Crippen molar-refractivity contribution in [1.82, 2.24) is 14.8 Å². The van der Waals surface area contributed by atoms with Gasteiger partial charge >= 0.3 is 0 Å². The molecule has 0 spiro atoms. The minimum Gasteiger partial charge on any atom is -0.489 e. The molecule has 3 aromatic rings. The van der Waals surface area contributed by atoms with Crippen molar-refractivity contribution in [3.8, 4) is 5.75 Å². The highest BCUT2D eigenvalue weighted by Gasteiger charge is 2.26. The van der Waals surface area contributed by atoms with Crippen molar-refractivity contribution < 1.29 is 19.1 Å². The highest BCUT2D eigenvalue weighted by Crippen LogP contribution is 2.17. The summed E-state index contributed by atoms with van der Waals surface area (Å²) in [4.78, 5) is 42.8. The first-order chi connectivity index (χ1) is 15.5. The Kier molecular flexibility index (Phi) is 6.21. The SMILES string of the molecule is NC(=O)c1cc(C(=O)N2CCN(C(=O)c3ccc(OCc4ccccc4)cc3)CC2)c[nH]1. The van der Waals surface area contributed by atoms with Crippen molar-refractivity contribution in [3.63, 3.8) is 0 Å². The Morgan fingerprint density at radius 2 is 1.44 bits per heavy atom. The predicted octanol–water partition coefficient (Wildman–Crippen LogP) is 2.29. The number of ether oxygens (including phenoxy) is 1. The molecule has 0 saturated carbocycles. The van der Waals surface area contributed by atoms with Gasteiger partial charge in [0.15, 0.2) is 0 Å². The molecular weight excluding hydrogens is 408 g/mol. The molecule has 1 aliphatic heterocycles. The fourth-order valence-corrected chi connectivity index (χ4v) is 3.57. The second-order valence-electron chi connectivity index (χ2n) is 7.55. The van der Waals surface area contributed by atoms with Crippen LogP contribution in [0.25, 0.3) is 0 Å². The van der Waals surface area contributed by atoms with Crippen LogP contribution in [0.4, 0.5) is 0 Å². The van der Waals surface area contributed by atoms with Gasteiger partial charge < -0.3 is 25.3 Å². The van der Waals surface area contributed by atoms with E-state index in [4.69, 9.17) is 10.5 Å². The number of rotatable bonds is 6. The van der Waals surface area contributed by atoms with Crippen LogP contribution in [0.15, 0.2) is 66.9 Å². The molecule has 0 bridgehead atoms. The van der Waals surface area contributed by atoms with Crippen LogP contribution in [0.1, 0.15) is 36.8 Å². The van der Waals surface area contributed by atoms with Gasteiger partial charge in [0.1, 0.15) is 18.1 Å². The zero-order valence-electron chi connectivity index (χ0n) is 17.5. The molecule has 1 aliphatic rings. The summed E-state index contributed by atoms with van der Waals surface area (Å²) in [6.07, 6.45) is 1.47. The standard InChI is InChI=1S/C24H24N4O4/c25-22(29)21-14-19(15-26-21)24(31)28-12-10-27(11-13-28)23(30)18-6-8-20(9-7-18)32-16-17-4-2-1-3-5-17/h1-9,14-15,26H,10-13,16H2,(H2,25,29). The number of H-pyrrole nitrogens is 1. The van der Waals surface area contributed by atoms with Crippen molar-refractivity contribution in [3.05, 3.63) is 89.2 Å².